The predicted molar refractivity (Wildman–Crippen MR) is 86.4 cm³/mol. The van der Waals surface area contributed by atoms with Gasteiger partial charge in [-0.25, -0.2) is 0 Å². The van der Waals surface area contributed by atoms with E-state index in [-0.39, 0.29) is 24.0 Å². The van der Waals surface area contributed by atoms with Gasteiger partial charge in [0, 0.05) is 11.8 Å². The molecule has 0 fully saturated rings. The van der Waals surface area contributed by atoms with Gasteiger partial charge in [0.25, 0.3) is 0 Å². The van der Waals surface area contributed by atoms with Gasteiger partial charge in [-0.05, 0) is 11.6 Å². The molecule has 1 aromatic rings. The monoisotopic (exact) mass is 320 g/mol. The summed E-state index contributed by atoms with van der Waals surface area (Å²) in [6.45, 7) is 7.16. The average Bonchev–Trinajstić information content (AvgIpc) is 2.94. The molecule has 2 aliphatic rings. The van der Waals surface area contributed by atoms with E-state index in [1.165, 1.54) is 10.5 Å². The molecule has 0 bridgehead atoms. The normalized spacial score (nSPS) is 22.7. The fourth-order valence-corrected chi connectivity index (χ4v) is 3.39. The first-order valence-corrected chi connectivity index (χ1v) is 8.18. The fraction of sp³-hybridized carbons (Fsp3) is 0.611. The Labute approximate surface area is 137 Å². The van der Waals surface area contributed by atoms with Gasteiger partial charge < -0.3 is 19.1 Å². The predicted octanol–water partition coefficient (Wildman–Crippen LogP) is 1.54. The van der Waals surface area contributed by atoms with Gasteiger partial charge in [-0.15, -0.1) is 0 Å². The largest absolute Gasteiger partial charge is 0.492 e. The lowest BCUT2D eigenvalue weighted by Crippen LogP contribution is -3.10. The minimum Gasteiger partial charge on any atom is -0.492 e. The van der Waals surface area contributed by atoms with E-state index in [0.29, 0.717) is 12.2 Å². The van der Waals surface area contributed by atoms with Crippen LogP contribution in [-0.2, 0) is 11.2 Å². The van der Waals surface area contributed by atoms with Crippen LogP contribution in [0.15, 0.2) is 6.07 Å². The fourth-order valence-electron chi connectivity index (χ4n) is 3.39. The summed E-state index contributed by atoms with van der Waals surface area (Å²) < 4.78 is 16.8. The van der Waals surface area contributed by atoms with Crippen LogP contribution < -0.4 is 19.1 Å². The summed E-state index contributed by atoms with van der Waals surface area (Å²) in [5, 5.41) is 0. The molecule has 0 radical (unpaired) electrons. The first-order valence-electron chi connectivity index (χ1n) is 8.18. The van der Waals surface area contributed by atoms with Gasteiger partial charge >= 0.3 is 0 Å². The number of benzene rings is 1. The number of rotatable bonds is 3. The van der Waals surface area contributed by atoms with Gasteiger partial charge in [-0.3, -0.25) is 4.79 Å². The Morgan fingerprint density at radius 1 is 1.39 bits per heavy atom. The van der Waals surface area contributed by atoms with E-state index in [1.807, 2.05) is 20.8 Å². The number of fused-ring (bicyclic) bond motifs is 2. The topological polar surface area (TPSA) is 49.2 Å². The Morgan fingerprint density at radius 2 is 2.13 bits per heavy atom. The second-order valence-electron chi connectivity index (χ2n) is 7.49. The standard InChI is InChI=1S/C18H25NO4/c1-18(2,3)14(20)9-12-15-11(6-7-19(12)4)8-13-16(17(15)21-5)23-10-22-13/h8,12H,6-7,9-10H2,1-5H3/p+1/t12-/m0/s1. The number of likely N-dealkylation sites (N-methyl/N-ethyl adjacent to an activating group) is 1. The zero-order valence-electron chi connectivity index (χ0n) is 14.6. The number of ketones is 1. The maximum absolute atomic E-state index is 12.6. The molecule has 0 saturated heterocycles. The van der Waals surface area contributed by atoms with Gasteiger partial charge in [-0.1, -0.05) is 20.8 Å². The third-order valence-electron chi connectivity index (χ3n) is 4.91. The summed E-state index contributed by atoms with van der Waals surface area (Å²) in [5.74, 6) is 2.44. The highest BCUT2D eigenvalue weighted by Crippen LogP contribution is 2.48. The first-order chi connectivity index (χ1) is 10.8. The van der Waals surface area contributed by atoms with Crippen molar-refractivity contribution in [1.82, 2.24) is 0 Å². The van der Waals surface area contributed by atoms with Crippen molar-refractivity contribution in [2.75, 3.05) is 27.5 Å². The number of Topliss-reactive ketones (excluding diaryl/α,β-unsaturated/α-hetero) is 1. The van der Waals surface area contributed by atoms with E-state index in [1.54, 1.807) is 7.11 Å². The Balaban J connectivity index is 2.05. The Hall–Kier alpha value is -1.75. The molecule has 3 rings (SSSR count). The molecule has 5 nitrogen and oxygen atoms in total. The van der Waals surface area contributed by atoms with Crippen LogP contribution in [-0.4, -0.2) is 33.3 Å². The third kappa shape index (κ3) is 2.78. The van der Waals surface area contributed by atoms with Gasteiger partial charge in [-0.2, -0.15) is 0 Å². The minimum atomic E-state index is -0.332. The number of hydrogen-bond donors (Lipinski definition) is 1. The Morgan fingerprint density at radius 3 is 2.78 bits per heavy atom. The van der Waals surface area contributed by atoms with Crippen molar-refractivity contribution >= 4 is 5.78 Å². The van der Waals surface area contributed by atoms with Crippen molar-refractivity contribution < 1.29 is 23.9 Å². The molecule has 1 aromatic carbocycles. The number of methoxy groups -OCH3 is 1. The molecule has 23 heavy (non-hydrogen) atoms. The third-order valence-corrected chi connectivity index (χ3v) is 4.91. The second-order valence-corrected chi connectivity index (χ2v) is 7.49. The lowest BCUT2D eigenvalue weighted by Gasteiger charge is -2.34. The molecule has 0 spiro atoms. The number of nitrogens with one attached hydrogen (secondary N) is 1. The van der Waals surface area contributed by atoms with Gasteiger partial charge in [0.2, 0.25) is 12.5 Å². The number of carbonyl (C=O) groups is 1. The highest BCUT2D eigenvalue weighted by atomic mass is 16.7. The minimum absolute atomic E-state index is 0.0925. The molecular formula is C18H26NO4+. The number of quaternary nitrogens is 1. The number of ether oxygens (including phenoxy) is 3. The van der Waals surface area contributed by atoms with E-state index in [4.69, 9.17) is 14.2 Å². The molecule has 2 atom stereocenters. The molecule has 0 amide bonds. The van der Waals surface area contributed by atoms with E-state index in [9.17, 15) is 4.79 Å². The zero-order valence-corrected chi connectivity index (χ0v) is 14.6. The van der Waals surface area contributed by atoms with Crippen molar-refractivity contribution in [3.63, 3.8) is 0 Å². The van der Waals surface area contributed by atoms with Crippen LogP contribution in [0, 0.1) is 5.41 Å². The first kappa shape index (κ1) is 16.1. The van der Waals surface area contributed by atoms with E-state index in [2.05, 4.69) is 13.1 Å². The van der Waals surface area contributed by atoms with Crippen molar-refractivity contribution in [3.8, 4) is 17.2 Å². The quantitative estimate of drug-likeness (QED) is 0.918. The SMILES string of the molecule is COc1c2c(cc3c1[C@H](CC(=O)C(C)(C)C)[NH+](C)CC3)OCO2. The molecule has 0 aromatic heterocycles. The summed E-state index contributed by atoms with van der Waals surface area (Å²) in [5.41, 5.74) is 1.99. The highest BCUT2D eigenvalue weighted by Gasteiger charge is 2.39. The van der Waals surface area contributed by atoms with E-state index >= 15 is 0 Å². The van der Waals surface area contributed by atoms with Crippen LogP contribution in [0.3, 0.4) is 0 Å². The Bertz CT molecular complexity index is 633. The summed E-state index contributed by atoms with van der Waals surface area (Å²) >= 11 is 0. The smallest absolute Gasteiger partial charge is 0.231 e. The van der Waals surface area contributed by atoms with Gasteiger partial charge in [0.05, 0.1) is 32.7 Å². The van der Waals surface area contributed by atoms with Crippen LogP contribution in [0.25, 0.3) is 0 Å². The van der Waals surface area contributed by atoms with E-state index in [0.717, 1.165) is 30.0 Å². The molecule has 0 saturated carbocycles. The molecule has 126 valence electrons. The molecule has 5 heteroatoms. The van der Waals surface area contributed by atoms with Crippen LogP contribution in [0.5, 0.6) is 17.2 Å². The Kier molecular flexibility index (Phi) is 4.00. The van der Waals surface area contributed by atoms with Crippen LogP contribution in [0.4, 0.5) is 0 Å². The highest BCUT2D eigenvalue weighted by molar-refractivity contribution is 5.84. The lowest BCUT2D eigenvalue weighted by atomic mass is 9.82. The zero-order chi connectivity index (χ0) is 16.8. The maximum atomic E-state index is 12.6. The number of hydrogen-bond acceptors (Lipinski definition) is 4. The van der Waals surface area contributed by atoms with E-state index < -0.39 is 0 Å². The summed E-state index contributed by atoms with van der Waals surface area (Å²) in [6.07, 6.45) is 1.46. The number of carbonyl (C=O) groups excluding carboxylic acids is 1. The van der Waals surface area contributed by atoms with Crippen molar-refractivity contribution in [2.24, 2.45) is 5.41 Å². The van der Waals surface area contributed by atoms with Crippen LogP contribution in [0.2, 0.25) is 0 Å². The molecule has 2 heterocycles. The molecule has 0 aliphatic carbocycles. The second kappa shape index (κ2) is 5.71. The maximum Gasteiger partial charge on any atom is 0.231 e. The molecule has 1 N–H and O–H groups in total. The summed E-state index contributed by atoms with van der Waals surface area (Å²) in [7, 11) is 3.80. The van der Waals surface area contributed by atoms with Crippen LogP contribution in [0.1, 0.15) is 44.4 Å². The van der Waals surface area contributed by atoms with Gasteiger partial charge in [0.1, 0.15) is 11.8 Å². The lowest BCUT2D eigenvalue weighted by molar-refractivity contribution is -0.914. The summed E-state index contributed by atoms with van der Waals surface area (Å²) in [4.78, 5) is 14.0. The van der Waals surface area contributed by atoms with Crippen molar-refractivity contribution in [1.29, 1.82) is 0 Å². The van der Waals surface area contributed by atoms with Gasteiger partial charge in [0.15, 0.2) is 11.5 Å². The molecule has 1 unspecified atom stereocenters. The van der Waals surface area contributed by atoms with Crippen LogP contribution >= 0.6 is 0 Å². The summed E-state index contributed by atoms with van der Waals surface area (Å²) in [6, 6.07) is 2.15. The van der Waals surface area contributed by atoms with Crippen molar-refractivity contribution in [2.45, 2.75) is 39.7 Å². The molecular weight excluding hydrogens is 294 g/mol. The average molecular weight is 320 g/mol. The van der Waals surface area contributed by atoms with Crippen molar-refractivity contribution in [3.05, 3.63) is 17.2 Å². The molecule has 2 aliphatic heterocycles.